The summed E-state index contributed by atoms with van der Waals surface area (Å²) in [4.78, 5) is 11.0. The van der Waals surface area contributed by atoms with Gasteiger partial charge in [0.25, 0.3) is 0 Å². The first-order valence-electron chi connectivity index (χ1n) is 10.9. The molecule has 0 atom stereocenters. The van der Waals surface area contributed by atoms with Crippen molar-refractivity contribution in [2.75, 3.05) is 0 Å². The highest BCUT2D eigenvalue weighted by Gasteiger charge is 2.52. The van der Waals surface area contributed by atoms with Gasteiger partial charge < -0.3 is 5.11 Å². The first-order valence-corrected chi connectivity index (χ1v) is 10.9. The lowest BCUT2D eigenvalue weighted by atomic mass is 9.48. The van der Waals surface area contributed by atoms with Crippen LogP contribution in [0.25, 0.3) is 21.9 Å². The third kappa shape index (κ3) is 2.73. The van der Waals surface area contributed by atoms with Crippen molar-refractivity contribution < 1.29 is 9.90 Å². The summed E-state index contributed by atoms with van der Waals surface area (Å²) in [5.74, 6) is 3.05. The Morgan fingerprint density at radius 3 is 2.03 bits per heavy atom. The molecule has 4 bridgehead atoms. The average Bonchev–Trinajstić information content (AvgIpc) is 2.72. The third-order valence-corrected chi connectivity index (χ3v) is 7.94. The van der Waals surface area contributed by atoms with Gasteiger partial charge in [-0.2, -0.15) is 0 Å². The molecule has 146 valence electrons. The number of aldehydes is 1. The fourth-order valence-corrected chi connectivity index (χ4v) is 7.10. The molecule has 4 fully saturated rings. The van der Waals surface area contributed by atoms with Crippen LogP contribution in [0.4, 0.5) is 0 Å². The summed E-state index contributed by atoms with van der Waals surface area (Å²) in [6, 6.07) is 18.5. The van der Waals surface area contributed by atoms with E-state index in [1.54, 1.807) is 0 Å². The van der Waals surface area contributed by atoms with Crippen molar-refractivity contribution in [3.63, 3.8) is 0 Å². The summed E-state index contributed by atoms with van der Waals surface area (Å²) in [6.45, 7) is 0. The molecule has 2 heteroatoms. The lowest BCUT2D eigenvalue weighted by Crippen LogP contribution is -2.48. The summed E-state index contributed by atoms with van der Waals surface area (Å²) in [7, 11) is 0. The van der Waals surface area contributed by atoms with E-state index in [1.165, 1.54) is 55.2 Å². The van der Waals surface area contributed by atoms with Gasteiger partial charge in [0.2, 0.25) is 0 Å². The van der Waals surface area contributed by atoms with Gasteiger partial charge in [0.05, 0.1) is 0 Å². The normalized spacial score (nSPS) is 30.0. The molecule has 0 amide bonds. The average molecular weight is 383 g/mol. The minimum atomic E-state index is 0.185. The lowest BCUT2D eigenvalue weighted by molar-refractivity contribution is -0.00611. The second-order valence-corrected chi connectivity index (χ2v) is 9.87. The van der Waals surface area contributed by atoms with Gasteiger partial charge in [0.1, 0.15) is 12.0 Å². The Balaban J connectivity index is 1.43. The maximum absolute atomic E-state index is 11.0. The number of carbonyl (C=O) groups is 1. The van der Waals surface area contributed by atoms with Crippen molar-refractivity contribution in [1.82, 2.24) is 0 Å². The highest BCUT2D eigenvalue weighted by Crippen LogP contribution is 2.62. The minimum Gasteiger partial charge on any atom is -0.508 e. The van der Waals surface area contributed by atoms with E-state index < -0.39 is 0 Å². The van der Waals surface area contributed by atoms with E-state index in [-0.39, 0.29) is 5.41 Å². The molecule has 0 aromatic heterocycles. The highest BCUT2D eigenvalue weighted by atomic mass is 16.3. The Hall–Kier alpha value is -2.61. The summed E-state index contributed by atoms with van der Waals surface area (Å²) in [6.07, 6.45) is 8.88. The number of aromatic hydroxyl groups is 1. The molecule has 4 saturated carbocycles. The number of hydrogen-bond donors (Lipinski definition) is 1. The van der Waals surface area contributed by atoms with Crippen molar-refractivity contribution in [3.05, 3.63) is 65.7 Å². The molecule has 0 spiro atoms. The van der Waals surface area contributed by atoms with Gasteiger partial charge in [-0.3, -0.25) is 4.79 Å². The molecule has 7 rings (SSSR count). The molecule has 4 aliphatic carbocycles. The molecular weight excluding hydrogens is 356 g/mol. The van der Waals surface area contributed by atoms with E-state index in [9.17, 15) is 9.90 Å². The van der Waals surface area contributed by atoms with Crippen LogP contribution in [0.3, 0.4) is 0 Å². The molecule has 29 heavy (non-hydrogen) atoms. The highest BCUT2D eigenvalue weighted by molar-refractivity contribution is 5.91. The van der Waals surface area contributed by atoms with E-state index in [0.717, 1.165) is 34.8 Å². The molecule has 3 aromatic rings. The minimum absolute atomic E-state index is 0.185. The fraction of sp³-hybridized carbons (Fsp3) is 0.370. The van der Waals surface area contributed by atoms with Gasteiger partial charge in [0, 0.05) is 11.1 Å². The first kappa shape index (κ1) is 17.3. The van der Waals surface area contributed by atoms with Crippen LogP contribution in [0.15, 0.2) is 54.6 Å². The Labute approximate surface area is 171 Å². The maximum Gasteiger partial charge on any atom is 0.150 e. The first-order chi connectivity index (χ1) is 14.1. The lowest BCUT2D eigenvalue weighted by Gasteiger charge is -2.57. The summed E-state index contributed by atoms with van der Waals surface area (Å²) in [5.41, 5.74) is 4.42. The summed E-state index contributed by atoms with van der Waals surface area (Å²) < 4.78 is 0. The quantitative estimate of drug-likeness (QED) is 0.526. The maximum atomic E-state index is 11.0. The zero-order chi connectivity index (χ0) is 19.6. The van der Waals surface area contributed by atoms with Gasteiger partial charge in [0.15, 0.2) is 0 Å². The molecule has 0 heterocycles. The van der Waals surface area contributed by atoms with Crippen molar-refractivity contribution in [2.24, 2.45) is 17.8 Å². The second-order valence-electron chi connectivity index (χ2n) is 9.87. The largest absolute Gasteiger partial charge is 0.508 e. The number of phenolic OH excluding ortho intramolecular Hbond substituents is 1. The Morgan fingerprint density at radius 1 is 0.759 bits per heavy atom. The van der Waals surface area contributed by atoms with Crippen LogP contribution in [-0.2, 0) is 5.41 Å². The third-order valence-electron chi connectivity index (χ3n) is 7.94. The topological polar surface area (TPSA) is 37.3 Å². The molecule has 0 unspecified atom stereocenters. The Kier molecular flexibility index (Phi) is 3.69. The predicted octanol–water partition coefficient (Wildman–Crippen LogP) is 6.49. The monoisotopic (exact) mass is 382 g/mol. The van der Waals surface area contributed by atoms with Crippen molar-refractivity contribution >= 4 is 17.1 Å². The number of fused-ring (bicyclic) bond motifs is 1. The van der Waals surface area contributed by atoms with Crippen LogP contribution in [0.1, 0.15) is 54.4 Å². The molecule has 2 nitrogen and oxygen atoms in total. The summed E-state index contributed by atoms with van der Waals surface area (Å²) in [5, 5.41) is 13.1. The van der Waals surface area contributed by atoms with E-state index in [1.807, 2.05) is 30.3 Å². The smallest absolute Gasteiger partial charge is 0.150 e. The molecule has 0 saturated heterocycles. The van der Waals surface area contributed by atoms with Crippen LogP contribution in [-0.4, -0.2) is 11.4 Å². The zero-order valence-corrected chi connectivity index (χ0v) is 16.6. The van der Waals surface area contributed by atoms with E-state index in [4.69, 9.17) is 0 Å². The second kappa shape index (κ2) is 6.19. The van der Waals surface area contributed by atoms with Crippen molar-refractivity contribution in [1.29, 1.82) is 0 Å². The van der Waals surface area contributed by atoms with Crippen LogP contribution < -0.4 is 0 Å². The zero-order valence-electron chi connectivity index (χ0n) is 16.6. The molecule has 3 aromatic carbocycles. The Bertz CT molecular complexity index is 1090. The molecule has 0 radical (unpaired) electrons. The SMILES string of the molecule is O=Cc1ccc2cc(-c3ccc(O)c(C45CC6CC(CC(C6)C4)C5)c3)ccc2c1. The van der Waals surface area contributed by atoms with Crippen LogP contribution >= 0.6 is 0 Å². The van der Waals surface area contributed by atoms with Gasteiger partial charge in [-0.25, -0.2) is 0 Å². The van der Waals surface area contributed by atoms with E-state index in [2.05, 4.69) is 24.3 Å². The Morgan fingerprint density at radius 2 is 1.34 bits per heavy atom. The van der Waals surface area contributed by atoms with Crippen molar-refractivity contribution in [2.45, 2.75) is 43.9 Å². The van der Waals surface area contributed by atoms with Gasteiger partial charge in [-0.15, -0.1) is 0 Å². The number of carbonyl (C=O) groups excluding carboxylic acids is 1. The number of phenols is 1. The summed E-state index contributed by atoms with van der Waals surface area (Å²) >= 11 is 0. The van der Waals surface area contributed by atoms with Gasteiger partial charge in [-0.1, -0.05) is 30.3 Å². The molecular formula is C27H26O2. The van der Waals surface area contributed by atoms with Gasteiger partial charge in [-0.05, 0) is 108 Å². The molecule has 0 aliphatic heterocycles. The van der Waals surface area contributed by atoms with Crippen LogP contribution in [0.5, 0.6) is 5.75 Å². The van der Waals surface area contributed by atoms with Gasteiger partial charge >= 0.3 is 0 Å². The van der Waals surface area contributed by atoms with Crippen LogP contribution in [0, 0.1) is 17.8 Å². The van der Waals surface area contributed by atoms with Crippen LogP contribution in [0.2, 0.25) is 0 Å². The van der Waals surface area contributed by atoms with Crippen molar-refractivity contribution in [3.8, 4) is 16.9 Å². The molecule has 4 aliphatic rings. The number of rotatable bonds is 3. The number of hydrogen-bond acceptors (Lipinski definition) is 2. The van der Waals surface area contributed by atoms with E-state index in [0.29, 0.717) is 11.3 Å². The molecule has 1 N–H and O–H groups in total. The standard InChI is InChI=1S/C27H26O2/c28-16-17-1-2-22-11-23(4-3-21(22)10-17)24-5-6-26(29)25(12-24)27-13-18-7-19(14-27)9-20(8-18)15-27/h1-6,10-12,16,18-20,29H,7-9,13-15H2. The predicted molar refractivity (Wildman–Crippen MR) is 116 cm³/mol. The van der Waals surface area contributed by atoms with E-state index >= 15 is 0 Å². The number of benzene rings is 3. The fourth-order valence-electron chi connectivity index (χ4n) is 7.10.